The molecule has 1 heteroatoms. The molecular weight excluding hydrogens is 244 g/mol. The third-order valence-corrected chi connectivity index (χ3v) is 3.91. The van der Waals surface area contributed by atoms with E-state index in [9.17, 15) is 0 Å². The molecule has 0 aromatic carbocycles. The van der Waals surface area contributed by atoms with Gasteiger partial charge in [0.1, 0.15) is 0 Å². The maximum absolute atomic E-state index is 5.35. The molecule has 0 unspecified atom stereocenters. The van der Waals surface area contributed by atoms with Crippen LogP contribution in [-0.2, 0) is 4.74 Å². The highest BCUT2D eigenvalue weighted by Crippen LogP contribution is 2.14. The van der Waals surface area contributed by atoms with Gasteiger partial charge in [-0.05, 0) is 13.3 Å². The normalized spacial score (nSPS) is 10.7. The zero-order valence-electron chi connectivity index (χ0n) is 14.2. The number of ether oxygens (including phenoxy) is 1. The van der Waals surface area contributed by atoms with E-state index in [1.807, 2.05) is 6.92 Å². The van der Waals surface area contributed by atoms with Gasteiger partial charge in [0.05, 0.1) is 12.4 Å². The molecule has 1 nitrogen and oxygen atoms in total. The second-order valence-electron chi connectivity index (χ2n) is 5.96. The van der Waals surface area contributed by atoms with Crippen molar-refractivity contribution < 1.29 is 4.74 Å². The second kappa shape index (κ2) is 16.6. The molecule has 0 aromatic heterocycles. The van der Waals surface area contributed by atoms with Gasteiger partial charge in [-0.1, -0.05) is 90.6 Å². The van der Waals surface area contributed by atoms with Crippen LogP contribution >= 0.6 is 0 Å². The van der Waals surface area contributed by atoms with Gasteiger partial charge in [-0.2, -0.15) is 0 Å². The Labute approximate surface area is 128 Å². The average molecular weight is 283 g/mol. The van der Waals surface area contributed by atoms with Crippen LogP contribution in [0.1, 0.15) is 104 Å². The summed E-state index contributed by atoms with van der Waals surface area (Å²) in [6.07, 6.45) is 19.4. The molecule has 0 aliphatic carbocycles. The molecule has 20 heavy (non-hydrogen) atoms. The third kappa shape index (κ3) is 15.6. The van der Waals surface area contributed by atoms with Crippen molar-refractivity contribution in [1.29, 1.82) is 0 Å². The Morgan fingerprint density at radius 3 is 1.45 bits per heavy atom. The summed E-state index contributed by atoms with van der Waals surface area (Å²) in [6, 6.07) is 0. The summed E-state index contributed by atoms with van der Waals surface area (Å²) in [7, 11) is 0. The summed E-state index contributed by atoms with van der Waals surface area (Å²) in [4.78, 5) is 0. The topological polar surface area (TPSA) is 9.23 Å². The first-order valence-corrected chi connectivity index (χ1v) is 9.11. The first-order valence-electron chi connectivity index (χ1n) is 9.11. The highest BCUT2D eigenvalue weighted by atomic mass is 16.5. The van der Waals surface area contributed by atoms with Crippen molar-refractivity contribution in [3.63, 3.8) is 0 Å². The van der Waals surface area contributed by atoms with Crippen molar-refractivity contribution in [2.24, 2.45) is 0 Å². The van der Waals surface area contributed by atoms with Crippen molar-refractivity contribution in [2.45, 2.75) is 104 Å². The van der Waals surface area contributed by atoms with E-state index in [1.54, 1.807) is 0 Å². The predicted molar refractivity (Wildman–Crippen MR) is 91.1 cm³/mol. The van der Waals surface area contributed by atoms with E-state index in [-0.39, 0.29) is 0 Å². The predicted octanol–water partition coefficient (Wildman–Crippen LogP) is 7.02. The van der Waals surface area contributed by atoms with E-state index in [4.69, 9.17) is 4.74 Å². The fourth-order valence-electron chi connectivity index (χ4n) is 2.62. The van der Waals surface area contributed by atoms with E-state index in [1.165, 1.54) is 83.5 Å². The lowest BCUT2D eigenvalue weighted by molar-refractivity contribution is 0.218. The van der Waals surface area contributed by atoms with E-state index >= 15 is 0 Å². The summed E-state index contributed by atoms with van der Waals surface area (Å²) >= 11 is 0. The largest absolute Gasteiger partial charge is 0.499 e. The van der Waals surface area contributed by atoms with Crippen molar-refractivity contribution >= 4 is 0 Å². The van der Waals surface area contributed by atoms with Crippen LogP contribution in [0.5, 0.6) is 0 Å². The minimum absolute atomic E-state index is 0.761. The summed E-state index contributed by atoms with van der Waals surface area (Å²) in [5.74, 6) is 0.968. The Balaban J connectivity index is 3.01. The highest BCUT2D eigenvalue weighted by Gasteiger charge is 1.96. The molecule has 0 spiro atoms. The van der Waals surface area contributed by atoms with Gasteiger partial charge in [0.2, 0.25) is 0 Å². The maximum atomic E-state index is 5.35. The van der Waals surface area contributed by atoms with Crippen LogP contribution in [0.15, 0.2) is 12.3 Å². The van der Waals surface area contributed by atoms with Gasteiger partial charge >= 0.3 is 0 Å². The van der Waals surface area contributed by atoms with Crippen LogP contribution in [0.4, 0.5) is 0 Å². The molecule has 0 aromatic rings. The Morgan fingerprint density at radius 1 is 0.650 bits per heavy atom. The molecule has 0 rings (SSSR count). The molecule has 0 heterocycles. The monoisotopic (exact) mass is 282 g/mol. The van der Waals surface area contributed by atoms with Gasteiger partial charge < -0.3 is 4.74 Å². The Morgan fingerprint density at radius 2 is 1.05 bits per heavy atom. The van der Waals surface area contributed by atoms with Gasteiger partial charge in [0.15, 0.2) is 0 Å². The van der Waals surface area contributed by atoms with Gasteiger partial charge in [-0.25, -0.2) is 0 Å². The molecule has 120 valence electrons. The van der Waals surface area contributed by atoms with Gasteiger partial charge in [-0.15, -0.1) is 0 Å². The maximum Gasteiger partial charge on any atom is 0.0888 e. The fraction of sp³-hybridized carbons (Fsp3) is 0.895. The van der Waals surface area contributed by atoms with Crippen molar-refractivity contribution in [1.82, 2.24) is 0 Å². The Hall–Kier alpha value is -0.460. The second-order valence-corrected chi connectivity index (χ2v) is 5.96. The van der Waals surface area contributed by atoms with E-state index < -0.39 is 0 Å². The number of rotatable bonds is 16. The zero-order chi connectivity index (χ0) is 14.9. The first-order chi connectivity index (χ1) is 9.81. The summed E-state index contributed by atoms with van der Waals surface area (Å²) in [6.45, 7) is 8.98. The quantitative estimate of drug-likeness (QED) is 0.218. The number of allylic oxidation sites excluding steroid dienone is 1. The Kier molecular flexibility index (Phi) is 16.2. The van der Waals surface area contributed by atoms with Crippen molar-refractivity contribution in [3.05, 3.63) is 12.3 Å². The van der Waals surface area contributed by atoms with Crippen LogP contribution in [0, 0.1) is 0 Å². The molecule has 0 radical (unpaired) electrons. The van der Waals surface area contributed by atoms with Gasteiger partial charge in [0.25, 0.3) is 0 Å². The molecule has 0 amide bonds. The molecule has 0 fully saturated rings. The SMILES string of the molecule is C=C(CCCCCCCCCCCCCCC)OCC. The molecule has 0 aliphatic rings. The minimum atomic E-state index is 0.761. The minimum Gasteiger partial charge on any atom is -0.499 e. The molecule has 0 bridgehead atoms. The van der Waals surface area contributed by atoms with Crippen LogP contribution in [-0.4, -0.2) is 6.61 Å². The standard InChI is InChI=1S/C19H38O/c1-4-6-7-8-9-10-11-12-13-14-15-16-17-18-19(3)20-5-2/h3-18H2,1-2H3. The van der Waals surface area contributed by atoms with Crippen LogP contribution in [0.2, 0.25) is 0 Å². The lowest BCUT2D eigenvalue weighted by Gasteiger charge is -2.06. The number of unbranched alkanes of at least 4 members (excludes halogenated alkanes) is 12. The lowest BCUT2D eigenvalue weighted by atomic mass is 10.0. The molecule has 0 saturated carbocycles. The third-order valence-electron chi connectivity index (χ3n) is 3.91. The molecule has 0 atom stereocenters. The molecule has 0 aliphatic heterocycles. The van der Waals surface area contributed by atoms with E-state index in [2.05, 4.69) is 13.5 Å². The van der Waals surface area contributed by atoms with Crippen LogP contribution < -0.4 is 0 Å². The van der Waals surface area contributed by atoms with Crippen molar-refractivity contribution in [2.75, 3.05) is 6.61 Å². The smallest absolute Gasteiger partial charge is 0.0888 e. The fourth-order valence-corrected chi connectivity index (χ4v) is 2.62. The summed E-state index contributed by atoms with van der Waals surface area (Å²) in [5.41, 5.74) is 0. The first kappa shape index (κ1) is 19.5. The summed E-state index contributed by atoms with van der Waals surface area (Å²) < 4.78 is 5.35. The Bertz CT molecular complexity index is 198. The molecule has 0 saturated heterocycles. The van der Waals surface area contributed by atoms with Crippen LogP contribution in [0.3, 0.4) is 0 Å². The van der Waals surface area contributed by atoms with E-state index in [0.29, 0.717) is 0 Å². The van der Waals surface area contributed by atoms with Gasteiger partial charge in [0, 0.05) is 6.42 Å². The summed E-state index contributed by atoms with van der Waals surface area (Å²) in [5, 5.41) is 0. The van der Waals surface area contributed by atoms with Gasteiger partial charge in [-0.3, -0.25) is 0 Å². The number of hydrogen-bond donors (Lipinski definition) is 0. The molecule has 0 N–H and O–H groups in total. The van der Waals surface area contributed by atoms with E-state index in [0.717, 1.165) is 18.8 Å². The average Bonchev–Trinajstić information content (AvgIpc) is 2.44. The van der Waals surface area contributed by atoms with Crippen molar-refractivity contribution in [3.8, 4) is 0 Å². The van der Waals surface area contributed by atoms with Crippen LogP contribution in [0.25, 0.3) is 0 Å². The lowest BCUT2D eigenvalue weighted by Crippen LogP contribution is -1.90. The molecular formula is C19H38O. The zero-order valence-corrected chi connectivity index (χ0v) is 14.2. The number of hydrogen-bond acceptors (Lipinski definition) is 1. The highest BCUT2D eigenvalue weighted by molar-refractivity contribution is 4.81.